The number of fused-ring (bicyclic) bond motifs is 2. The molecule has 1 aliphatic heterocycles. The average Bonchev–Trinajstić information content (AvgIpc) is 3.03. The van der Waals surface area contributed by atoms with Crippen LogP contribution in [0.1, 0.15) is 11.1 Å². The van der Waals surface area contributed by atoms with Gasteiger partial charge in [0.2, 0.25) is 0 Å². The molecule has 1 aromatic heterocycles. The molecule has 0 radical (unpaired) electrons. The second-order valence-corrected chi connectivity index (χ2v) is 6.09. The van der Waals surface area contributed by atoms with Crippen molar-refractivity contribution in [3.63, 3.8) is 0 Å². The molecule has 0 saturated heterocycles. The summed E-state index contributed by atoms with van der Waals surface area (Å²) in [4.78, 5) is 12.6. The lowest BCUT2D eigenvalue weighted by Gasteiger charge is -2.21. The number of rotatable bonds is 2. The van der Waals surface area contributed by atoms with Gasteiger partial charge in [0.25, 0.3) is 5.91 Å². The van der Waals surface area contributed by atoms with Gasteiger partial charge >= 0.3 is 6.36 Å². The molecule has 8 heteroatoms. The van der Waals surface area contributed by atoms with E-state index in [1.54, 1.807) is 29.9 Å². The number of carbonyl (C=O) groups is 1. The Morgan fingerprint density at radius 2 is 1.88 bits per heavy atom. The summed E-state index contributed by atoms with van der Waals surface area (Å²) < 4.78 is 43.2. The van der Waals surface area contributed by atoms with Crippen LogP contribution in [0.3, 0.4) is 0 Å². The summed E-state index contributed by atoms with van der Waals surface area (Å²) in [6.45, 7) is 0. The van der Waals surface area contributed by atoms with Crippen LogP contribution in [0.4, 0.5) is 18.9 Å². The maximum absolute atomic E-state index is 12.6. The second-order valence-electron chi connectivity index (χ2n) is 6.09. The molecule has 0 aliphatic carbocycles. The van der Waals surface area contributed by atoms with Gasteiger partial charge in [-0.1, -0.05) is 18.2 Å². The second kappa shape index (κ2) is 5.25. The van der Waals surface area contributed by atoms with Crippen LogP contribution >= 0.6 is 0 Å². The van der Waals surface area contributed by atoms with E-state index in [1.165, 1.54) is 6.07 Å². The van der Waals surface area contributed by atoms with E-state index in [9.17, 15) is 23.1 Å². The Hall–Kier alpha value is -3.00. The molecule has 1 aliphatic rings. The number of aromatic nitrogens is 1. The number of anilines is 1. The summed E-state index contributed by atoms with van der Waals surface area (Å²) in [5.74, 6) is -1.24. The number of aryl methyl sites for hydroxylation is 1. The number of amides is 1. The Morgan fingerprint density at radius 3 is 2.62 bits per heavy atom. The lowest BCUT2D eigenvalue weighted by molar-refractivity contribution is -0.274. The third-order valence-corrected chi connectivity index (χ3v) is 4.48. The smallest absolute Gasteiger partial charge is 0.406 e. The van der Waals surface area contributed by atoms with Crippen LogP contribution in [0.15, 0.2) is 48.7 Å². The van der Waals surface area contributed by atoms with E-state index >= 15 is 0 Å². The molecule has 1 atom stereocenters. The van der Waals surface area contributed by atoms with Gasteiger partial charge in [-0.05, 0) is 24.3 Å². The monoisotopic (exact) mass is 362 g/mol. The molecular formula is C18H13F3N2O3. The van der Waals surface area contributed by atoms with Crippen molar-refractivity contribution in [1.82, 2.24) is 4.57 Å². The normalized spacial score (nSPS) is 19.5. The van der Waals surface area contributed by atoms with Crippen LogP contribution < -0.4 is 10.1 Å². The highest BCUT2D eigenvalue weighted by molar-refractivity contribution is 6.09. The maximum atomic E-state index is 12.6. The third-order valence-electron chi connectivity index (χ3n) is 4.48. The van der Waals surface area contributed by atoms with E-state index in [4.69, 9.17) is 0 Å². The van der Waals surface area contributed by atoms with Gasteiger partial charge in [0.1, 0.15) is 5.75 Å². The minimum absolute atomic E-state index is 0.0144. The van der Waals surface area contributed by atoms with Gasteiger partial charge in [0.15, 0.2) is 5.60 Å². The van der Waals surface area contributed by atoms with Gasteiger partial charge in [-0.15, -0.1) is 13.2 Å². The highest BCUT2D eigenvalue weighted by Gasteiger charge is 2.49. The number of hydrogen-bond acceptors (Lipinski definition) is 3. The molecule has 0 unspecified atom stereocenters. The van der Waals surface area contributed by atoms with Gasteiger partial charge in [-0.2, -0.15) is 0 Å². The zero-order chi connectivity index (χ0) is 18.7. The highest BCUT2D eigenvalue weighted by Crippen LogP contribution is 2.45. The minimum atomic E-state index is -4.87. The first-order valence-corrected chi connectivity index (χ1v) is 7.69. The molecule has 0 bridgehead atoms. The van der Waals surface area contributed by atoms with E-state index in [-0.39, 0.29) is 16.8 Å². The molecule has 0 spiro atoms. The number of nitrogens with one attached hydrogen (secondary N) is 1. The molecule has 2 aromatic carbocycles. The van der Waals surface area contributed by atoms with Crippen molar-refractivity contribution >= 4 is 22.5 Å². The summed E-state index contributed by atoms with van der Waals surface area (Å²) in [5, 5.41) is 14.4. The zero-order valence-corrected chi connectivity index (χ0v) is 13.5. The van der Waals surface area contributed by atoms with E-state index < -0.39 is 23.6 Å². The lowest BCUT2D eigenvalue weighted by Crippen LogP contribution is -2.35. The Bertz CT molecular complexity index is 1040. The number of alkyl halides is 3. The standard InChI is InChI=1S/C18H13F3N2O3/c1-23-9-13(11-4-2-3-5-15(11)23)17(25)12-8-10(26-18(19,20)21)6-7-14(12)22-16(17)24/h2-9,25H,1H3,(H,22,24)/t17-/m0/s1. The predicted octanol–water partition coefficient (Wildman–Crippen LogP) is 3.26. The predicted molar refractivity (Wildman–Crippen MR) is 87.7 cm³/mol. The van der Waals surface area contributed by atoms with Gasteiger partial charge < -0.3 is 19.7 Å². The van der Waals surface area contributed by atoms with Crippen LogP contribution in [-0.2, 0) is 17.4 Å². The zero-order valence-electron chi connectivity index (χ0n) is 13.5. The first-order valence-electron chi connectivity index (χ1n) is 7.69. The first kappa shape index (κ1) is 16.5. The maximum Gasteiger partial charge on any atom is 0.573 e. The molecule has 2 N–H and O–H groups in total. The number of benzene rings is 2. The number of para-hydroxylation sites is 1. The van der Waals surface area contributed by atoms with Gasteiger partial charge in [-0.3, -0.25) is 4.79 Å². The molecule has 134 valence electrons. The Labute approximate surface area is 145 Å². The van der Waals surface area contributed by atoms with Crippen molar-refractivity contribution in [2.75, 3.05) is 5.32 Å². The Balaban J connectivity index is 1.92. The highest BCUT2D eigenvalue weighted by atomic mass is 19.4. The van der Waals surface area contributed by atoms with Crippen molar-refractivity contribution in [2.24, 2.45) is 7.05 Å². The minimum Gasteiger partial charge on any atom is -0.406 e. The topological polar surface area (TPSA) is 63.5 Å². The fraction of sp³-hybridized carbons (Fsp3) is 0.167. The van der Waals surface area contributed by atoms with Crippen molar-refractivity contribution in [3.05, 3.63) is 59.8 Å². The molecule has 0 fully saturated rings. The molecule has 5 nitrogen and oxygen atoms in total. The molecule has 3 aromatic rings. The first-order chi connectivity index (χ1) is 12.2. The Kier molecular flexibility index (Phi) is 3.32. The molecule has 1 amide bonds. The Morgan fingerprint density at radius 1 is 1.15 bits per heavy atom. The van der Waals surface area contributed by atoms with Crippen LogP contribution in [0.5, 0.6) is 5.75 Å². The molecular weight excluding hydrogens is 349 g/mol. The number of hydrogen-bond donors (Lipinski definition) is 2. The van der Waals surface area contributed by atoms with E-state index in [0.717, 1.165) is 17.6 Å². The molecule has 0 saturated carbocycles. The average molecular weight is 362 g/mol. The van der Waals surface area contributed by atoms with Crippen LogP contribution in [0.2, 0.25) is 0 Å². The summed E-state index contributed by atoms with van der Waals surface area (Å²) in [7, 11) is 1.76. The van der Waals surface area contributed by atoms with E-state index in [2.05, 4.69) is 10.1 Å². The molecule has 2 heterocycles. The van der Waals surface area contributed by atoms with E-state index in [1.807, 2.05) is 12.1 Å². The summed E-state index contributed by atoms with van der Waals surface area (Å²) in [6.07, 6.45) is -3.28. The number of carbonyl (C=O) groups excluding carboxylic acids is 1. The quantitative estimate of drug-likeness (QED) is 0.736. The fourth-order valence-electron chi connectivity index (χ4n) is 3.36. The number of nitrogens with zero attached hydrogens (tertiary/aromatic N) is 1. The molecule has 26 heavy (non-hydrogen) atoms. The van der Waals surface area contributed by atoms with E-state index in [0.29, 0.717) is 5.39 Å². The van der Waals surface area contributed by atoms with Crippen LogP contribution in [0.25, 0.3) is 10.9 Å². The van der Waals surface area contributed by atoms with Gasteiger partial charge in [0.05, 0.1) is 0 Å². The number of halogens is 3. The molecule has 4 rings (SSSR count). The van der Waals surface area contributed by atoms with Gasteiger partial charge in [0, 0.05) is 41.0 Å². The van der Waals surface area contributed by atoms with Crippen molar-refractivity contribution in [1.29, 1.82) is 0 Å². The van der Waals surface area contributed by atoms with Crippen molar-refractivity contribution in [2.45, 2.75) is 12.0 Å². The van der Waals surface area contributed by atoms with Crippen LogP contribution in [-0.4, -0.2) is 21.9 Å². The third kappa shape index (κ3) is 2.33. The largest absolute Gasteiger partial charge is 0.573 e. The number of aliphatic hydroxyl groups is 1. The number of ether oxygens (including phenoxy) is 1. The SMILES string of the molecule is Cn1cc([C@]2(O)C(=O)Nc3ccc(OC(F)(F)F)cc32)c2ccccc21. The lowest BCUT2D eigenvalue weighted by atomic mass is 9.87. The summed E-state index contributed by atoms with van der Waals surface area (Å²) in [5.41, 5.74) is -0.808. The van der Waals surface area contributed by atoms with Crippen molar-refractivity contribution in [3.8, 4) is 5.75 Å². The summed E-state index contributed by atoms with van der Waals surface area (Å²) >= 11 is 0. The van der Waals surface area contributed by atoms with Crippen LogP contribution in [0, 0.1) is 0 Å². The van der Waals surface area contributed by atoms with Crippen molar-refractivity contribution < 1.29 is 27.8 Å². The fourth-order valence-corrected chi connectivity index (χ4v) is 3.36. The van der Waals surface area contributed by atoms with Gasteiger partial charge in [-0.25, -0.2) is 0 Å². The summed E-state index contributed by atoms with van der Waals surface area (Å²) in [6, 6.07) is 10.5.